The van der Waals surface area contributed by atoms with E-state index < -0.39 is 6.10 Å². The van der Waals surface area contributed by atoms with Crippen LogP contribution in [0.2, 0.25) is 5.02 Å². The molecule has 3 heteroatoms. The van der Waals surface area contributed by atoms with Crippen molar-refractivity contribution in [3.8, 4) is 0 Å². The van der Waals surface area contributed by atoms with Crippen LogP contribution in [0.5, 0.6) is 0 Å². The van der Waals surface area contributed by atoms with Crippen molar-refractivity contribution in [3.63, 3.8) is 0 Å². The van der Waals surface area contributed by atoms with Crippen LogP contribution < -0.4 is 0 Å². The summed E-state index contributed by atoms with van der Waals surface area (Å²) in [6.45, 7) is 0. The molecule has 0 radical (unpaired) electrons. The van der Waals surface area contributed by atoms with Crippen LogP contribution in [0.25, 0.3) is 0 Å². The molecule has 0 fully saturated rings. The van der Waals surface area contributed by atoms with Crippen LogP contribution in [0.4, 0.5) is 0 Å². The van der Waals surface area contributed by atoms with Gasteiger partial charge < -0.3 is 5.11 Å². The van der Waals surface area contributed by atoms with E-state index in [-0.39, 0.29) is 0 Å². The van der Waals surface area contributed by atoms with E-state index in [2.05, 4.69) is 0 Å². The van der Waals surface area contributed by atoms with Gasteiger partial charge in [0, 0.05) is 15.7 Å². The Balaban J connectivity index is 1.92. The van der Waals surface area contributed by atoms with Gasteiger partial charge in [-0.25, -0.2) is 0 Å². The summed E-state index contributed by atoms with van der Waals surface area (Å²) in [6.07, 6.45) is -0.433. The number of halogens is 1. The SMILES string of the molecule is OC(CSc1ccc(Cl)cc1)c1ccccc1. The lowest BCUT2D eigenvalue weighted by molar-refractivity contribution is 0.204. The van der Waals surface area contributed by atoms with Gasteiger partial charge in [-0.1, -0.05) is 41.9 Å². The van der Waals surface area contributed by atoms with E-state index >= 15 is 0 Å². The third-order valence-electron chi connectivity index (χ3n) is 2.41. The molecule has 0 heterocycles. The van der Waals surface area contributed by atoms with Crippen LogP contribution in [-0.4, -0.2) is 10.9 Å². The van der Waals surface area contributed by atoms with Gasteiger partial charge in [0.1, 0.15) is 0 Å². The topological polar surface area (TPSA) is 20.2 Å². The Bertz CT molecular complexity index is 455. The first-order valence-electron chi connectivity index (χ1n) is 5.37. The van der Waals surface area contributed by atoms with E-state index in [0.29, 0.717) is 5.75 Å². The third kappa shape index (κ3) is 3.77. The molecular weight excluding hydrogens is 252 g/mol. The summed E-state index contributed by atoms with van der Waals surface area (Å²) in [7, 11) is 0. The lowest BCUT2D eigenvalue weighted by Crippen LogP contribution is -1.99. The summed E-state index contributed by atoms with van der Waals surface area (Å²) < 4.78 is 0. The number of benzene rings is 2. The number of aliphatic hydroxyl groups excluding tert-OH is 1. The first-order chi connectivity index (χ1) is 8.25. The predicted molar refractivity (Wildman–Crippen MR) is 73.6 cm³/mol. The van der Waals surface area contributed by atoms with Gasteiger partial charge in [-0.3, -0.25) is 0 Å². The van der Waals surface area contributed by atoms with Crippen molar-refractivity contribution in [1.29, 1.82) is 0 Å². The van der Waals surface area contributed by atoms with Crippen LogP contribution in [0.15, 0.2) is 59.5 Å². The Hall–Kier alpha value is -0.960. The van der Waals surface area contributed by atoms with Crippen molar-refractivity contribution in [1.82, 2.24) is 0 Å². The normalized spacial score (nSPS) is 12.4. The van der Waals surface area contributed by atoms with Crippen molar-refractivity contribution >= 4 is 23.4 Å². The minimum absolute atomic E-state index is 0.433. The van der Waals surface area contributed by atoms with Crippen molar-refractivity contribution in [2.75, 3.05) is 5.75 Å². The van der Waals surface area contributed by atoms with Crippen LogP contribution >= 0.6 is 23.4 Å². The standard InChI is InChI=1S/C14H13ClOS/c15-12-6-8-13(9-7-12)17-10-14(16)11-4-2-1-3-5-11/h1-9,14,16H,10H2. The molecule has 2 aromatic rings. The van der Waals surface area contributed by atoms with Gasteiger partial charge in [-0.05, 0) is 29.8 Å². The molecular formula is C14H13ClOS. The molecule has 0 saturated carbocycles. The highest BCUT2D eigenvalue weighted by Crippen LogP contribution is 2.25. The molecule has 0 spiro atoms. The number of hydrogen-bond acceptors (Lipinski definition) is 2. The smallest absolute Gasteiger partial charge is 0.0883 e. The second-order valence-electron chi connectivity index (χ2n) is 3.69. The largest absolute Gasteiger partial charge is 0.388 e. The quantitative estimate of drug-likeness (QED) is 0.837. The van der Waals surface area contributed by atoms with E-state index in [0.717, 1.165) is 15.5 Å². The Morgan fingerprint density at radius 3 is 2.29 bits per heavy atom. The van der Waals surface area contributed by atoms with E-state index in [1.807, 2.05) is 54.6 Å². The Morgan fingerprint density at radius 1 is 1.00 bits per heavy atom. The fraction of sp³-hybridized carbons (Fsp3) is 0.143. The monoisotopic (exact) mass is 264 g/mol. The molecule has 1 unspecified atom stereocenters. The summed E-state index contributed by atoms with van der Waals surface area (Å²) in [5, 5.41) is 10.7. The van der Waals surface area contributed by atoms with Crippen molar-refractivity contribution < 1.29 is 5.11 Å². The third-order valence-corrected chi connectivity index (χ3v) is 3.75. The highest BCUT2D eigenvalue weighted by Gasteiger charge is 2.07. The lowest BCUT2D eigenvalue weighted by atomic mass is 10.1. The summed E-state index contributed by atoms with van der Waals surface area (Å²) >= 11 is 7.44. The fourth-order valence-corrected chi connectivity index (χ4v) is 2.47. The van der Waals surface area contributed by atoms with Crippen molar-refractivity contribution in [3.05, 3.63) is 65.2 Å². The number of thioether (sulfide) groups is 1. The Labute approximate surface area is 110 Å². The summed E-state index contributed by atoms with van der Waals surface area (Å²) in [5.41, 5.74) is 0.953. The fourth-order valence-electron chi connectivity index (χ4n) is 1.48. The zero-order valence-corrected chi connectivity index (χ0v) is 10.8. The number of hydrogen-bond donors (Lipinski definition) is 1. The molecule has 2 rings (SSSR count). The van der Waals surface area contributed by atoms with Gasteiger partial charge in [0.25, 0.3) is 0 Å². The summed E-state index contributed by atoms with van der Waals surface area (Å²) in [4.78, 5) is 1.12. The summed E-state index contributed by atoms with van der Waals surface area (Å²) in [6, 6.07) is 17.3. The lowest BCUT2D eigenvalue weighted by Gasteiger charge is -2.10. The molecule has 0 aliphatic heterocycles. The maximum absolute atomic E-state index is 9.99. The molecule has 1 nitrogen and oxygen atoms in total. The molecule has 0 bridgehead atoms. The molecule has 0 aromatic heterocycles. The van der Waals surface area contributed by atoms with E-state index in [4.69, 9.17) is 11.6 Å². The van der Waals surface area contributed by atoms with Gasteiger partial charge in [0.05, 0.1) is 6.10 Å². The first kappa shape index (κ1) is 12.5. The predicted octanol–water partition coefficient (Wildman–Crippen LogP) is 4.17. The molecule has 0 aliphatic rings. The first-order valence-corrected chi connectivity index (χ1v) is 6.73. The van der Waals surface area contributed by atoms with Crippen molar-refractivity contribution in [2.45, 2.75) is 11.0 Å². The average molecular weight is 265 g/mol. The maximum Gasteiger partial charge on any atom is 0.0883 e. The second-order valence-corrected chi connectivity index (χ2v) is 5.22. The highest BCUT2D eigenvalue weighted by atomic mass is 35.5. The molecule has 2 aromatic carbocycles. The highest BCUT2D eigenvalue weighted by molar-refractivity contribution is 7.99. The molecule has 88 valence electrons. The zero-order chi connectivity index (χ0) is 12.1. The van der Waals surface area contributed by atoms with Crippen molar-refractivity contribution in [2.24, 2.45) is 0 Å². The second kappa shape index (κ2) is 6.10. The molecule has 1 atom stereocenters. The maximum atomic E-state index is 9.99. The molecule has 0 aliphatic carbocycles. The van der Waals surface area contributed by atoms with Gasteiger partial charge in [-0.15, -0.1) is 11.8 Å². The van der Waals surface area contributed by atoms with Crippen LogP contribution in [0.3, 0.4) is 0 Å². The average Bonchev–Trinajstić information content (AvgIpc) is 2.39. The minimum atomic E-state index is -0.433. The van der Waals surface area contributed by atoms with E-state index in [1.54, 1.807) is 11.8 Å². The number of aliphatic hydroxyl groups is 1. The van der Waals surface area contributed by atoms with Crippen LogP contribution in [0, 0.1) is 0 Å². The van der Waals surface area contributed by atoms with E-state index in [9.17, 15) is 5.11 Å². The van der Waals surface area contributed by atoms with E-state index in [1.165, 1.54) is 0 Å². The Morgan fingerprint density at radius 2 is 1.65 bits per heavy atom. The van der Waals surface area contributed by atoms with Crippen LogP contribution in [-0.2, 0) is 0 Å². The zero-order valence-electron chi connectivity index (χ0n) is 9.21. The molecule has 17 heavy (non-hydrogen) atoms. The molecule has 0 saturated heterocycles. The minimum Gasteiger partial charge on any atom is -0.388 e. The Kier molecular flexibility index (Phi) is 4.49. The summed E-state index contributed by atoms with van der Waals surface area (Å²) in [5.74, 6) is 0.644. The molecule has 0 amide bonds. The van der Waals surface area contributed by atoms with Gasteiger partial charge >= 0.3 is 0 Å². The van der Waals surface area contributed by atoms with Gasteiger partial charge in [0.2, 0.25) is 0 Å². The van der Waals surface area contributed by atoms with Gasteiger partial charge in [0.15, 0.2) is 0 Å². The van der Waals surface area contributed by atoms with Gasteiger partial charge in [-0.2, -0.15) is 0 Å². The van der Waals surface area contributed by atoms with Crippen LogP contribution in [0.1, 0.15) is 11.7 Å². The molecule has 1 N–H and O–H groups in total. The number of rotatable bonds is 4.